The zero-order valence-corrected chi connectivity index (χ0v) is 12.4. The molecule has 3 nitrogen and oxygen atoms in total. The van der Waals surface area contributed by atoms with E-state index in [1.54, 1.807) is 0 Å². The lowest BCUT2D eigenvalue weighted by atomic mass is 10.2. The van der Waals surface area contributed by atoms with Crippen LogP contribution in [0.15, 0.2) is 18.2 Å². The van der Waals surface area contributed by atoms with E-state index in [0.717, 1.165) is 6.07 Å². The molecule has 0 spiro atoms. The first-order valence-electron chi connectivity index (χ1n) is 5.76. The molecule has 0 aliphatic heterocycles. The Labute approximate surface area is 108 Å². The van der Waals surface area contributed by atoms with Gasteiger partial charge in [0.2, 0.25) is 8.32 Å². The minimum Gasteiger partial charge on any atom is -0.543 e. The van der Waals surface area contributed by atoms with Crippen LogP contribution in [0.4, 0.5) is 4.39 Å². The Bertz CT molecular complexity index is 464. The minimum absolute atomic E-state index is 0.00474. The van der Waals surface area contributed by atoms with Crippen molar-refractivity contribution in [3.8, 4) is 5.75 Å². The lowest BCUT2D eigenvalue weighted by molar-refractivity contribution is 0.0691. The molecule has 0 unspecified atom stereocenters. The number of rotatable bonds is 3. The number of aromatic carboxylic acids is 1. The van der Waals surface area contributed by atoms with Gasteiger partial charge in [-0.2, -0.15) is 0 Å². The third-order valence-corrected chi connectivity index (χ3v) is 7.71. The second-order valence-electron chi connectivity index (χ2n) is 5.81. The number of halogens is 1. The fourth-order valence-corrected chi connectivity index (χ4v) is 2.20. The van der Waals surface area contributed by atoms with Gasteiger partial charge < -0.3 is 9.53 Å². The Hall–Kier alpha value is -1.36. The molecule has 1 N–H and O–H groups in total. The van der Waals surface area contributed by atoms with E-state index in [1.165, 1.54) is 12.1 Å². The summed E-state index contributed by atoms with van der Waals surface area (Å²) in [5.41, 5.74) is -0.355. The van der Waals surface area contributed by atoms with Gasteiger partial charge in [-0.15, -0.1) is 0 Å². The minimum atomic E-state index is -2.04. The Morgan fingerprint density at radius 2 is 1.89 bits per heavy atom. The smallest absolute Gasteiger partial charge is 0.338 e. The van der Waals surface area contributed by atoms with Gasteiger partial charge in [0.25, 0.3) is 0 Å². The van der Waals surface area contributed by atoms with Crippen LogP contribution < -0.4 is 4.43 Å². The zero-order valence-electron chi connectivity index (χ0n) is 11.4. The van der Waals surface area contributed by atoms with E-state index in [1.807, 2.05) is 0 Å². The molecule has 0 saturated heterocycles. The monoisotopic (exact) mass is 270 g/mol. The average Bonchev–Trinajstić information content (AvgIpc) is 2.18. The van der Waals surface area contributed by atoms with Gasteiger partial charge in [0, 0.05) is 0 Å². The highest BCUT2D eigenvalue weighted by molar-refractivity contribution is 6.74. The molecule has 0 atom stereocenters. The van der Waals surface area contributed by atoms with Gasteiger partial charge in [-0.1, -0.05) is 20.8 Å². The van der Waals surface area contributed by atoms with Crippen molar-refractivity contribution in [1.82, 2.24) is 0 Å². The Morgan fingerprint density at radius 1 is 1.33 bits per heavy atom. The summed E-state index contributed by atoms with van der Waals surface area (Å²) < 4.78 is 19.2. The first-order chi connectivity index (χ1) is 8.04. The van der Waals surface area contributed by atoms with E-state index in [2.05, 4.69) is 33.9 Å². The fourth-order valence-electron chi connectivity index (χ4n) is 1.18. The van der Waals surface area contributed by atoms with Crippen LogP contribution in [0.5, 0.6) is 5.75 Å². The molecule has 1 aromatic carbocycles. The molecule has 1 rings (SSSR count). The maximum Gasteiger partial charge on any atom is 0.338 e. The van der Waals surface area contributed by atoms with Crippen LogP contribution >= 0.6 is 0 Å². The number of carbonyl (C=O) groups is 1. The molecule has 0 aliphatic rings. The summed E-state index contributed by atoms with van der Waals surface area (Å²) in [6.07, 6.45) is 0. The van der Waals surface area contributed by atoms with Crippen molar-refractivity contribution in [1.29, 1.82) is 0 Å². The molecular formula is C13H19FO3Si. The van der Waals surface area contributed by atoms with Crippen LogP contribution in [-0.2, 0) is 0 Å². The number of carboxylic acid groups (broad SMARTS) is 1. The lowest BCUT2D eigenvalue weighted by Gasteiger charge is -2.36. The number of benzene rings is 1. The van der Waals surface area contributed by atoms with Crippen molar-refractivity contribution in [3.05, 3.63) is 29.6 Å². The van der Waals surface area contributed by atoms with Gasteiger partial charge in [0.15, 0.2) is 0 Å². The molecule has 18 heavy (non-hydrogen) atoms. The fraction of sp³-hybridized carbons (Fsp3) is 0.462. The lowest BCUT2D eigenvalue weighted by Crippen LogP contribution is -2.43. The molecule has 0 saturated carbocycles. The van der Waals surface area contributed by atoms with Crippen LogP contribution in [0.3, 0.4) is 0 Å². The highest BCUT2D eigenvalue weighted by Crippen LogP contribution is 2.37. The standard InChI is InChI=1S/C13H19FO3Si/c1-13(2,3)18(4,5)17-9-6-7-11(14)10(8-9)12(15)16/h6-8H,1-5H3,(H,15,16). The number of carboxylic acids is 1. The highest BCUT2D eigenvalue weighted by atomic mass is 28.4. The summed E-state index contributed by atoms with van der Waals surface area (Å²) in [4.78, 5) is 10.9. The summed E-state index contributed by atoms with van der Waals surface area (Å²) in [5, 5.41) is 8.87. The summed E-state index contributed by atoms with van der Waals surface area (Å²) in [6, 6.07) is 3.85. The van der Waals surface area contributed by atoms with E-state index in [0.29, 0.717) is 5.75 Å². The Balaban J connectivity index is 3.07. The molecule has 0 aromatic heterocycles. The van der Waals surface area contributed by atoms with E-state index >= 15 is 0 Å². The molecule has 0 heterocycles. The molecule has 0 bridgehead atoms. The SMILES string of the molecule is CC(C)(C)[Si](C)(C)Oc1ccc(F)c(C(=O)O)c1. The van der Waals surface area contributed by atoms with Gasteiger partial charge in [-0.25, -0.2) is 9.18 Å². The van der Waals surface area contributed by atoms with Gasteiger partial charge >= 0.3 is 5.97 Å². The van der Waals surface area contributed by atoms with Crippen molar-refractivity contribution in [2.24, 2.45) is 0 Å². The van der Waals surface area contributed by atoms with Gasteiger partial charge in [0.1, 0.15) is 11.6 Å². The van der Waals surface area contributed by atoms with E-state index in [9.17, 15) is 9.18 Å². The second-order valence-corrected chi connectivity index (χ2v) is 10.5. The van der Waals surface area contributed by atoms with Gasteiger partial charge in [-0.05, 0) is 36.3 Å². The van der Waals surface area contributed by atoms with Crippen LogP contribution in [0.1, 0.15) is 31.1 Å². The van der Waals surface area contributed by atoms with Gasteiger partial charge in [-0.3, -0.25) is 0 Å². The van der Waals surface area contributed by atoms with Crippen LogP contribution in [0.25, 0.3) is 0 Å². The molecule has 0 aliphatic carbocycles. The highest BCUT2D eigenvalue weighted by Gasteiger charge is 2.39. The molecular weight excluding hydrogens is 251 g/mol. The second kappa shape index (κ2) is 4.72. The van der Waals surface area contributed by atoms with Crippen LogP contribution in [-0.4, -0.2) is 19.4 Å². The zero-order chi connectivity index (χ0) is 14.1. The largest absolute Gasteiger partial charge is 0.543 e. The molecule has 1 aromatic rings. The van der Waals surface area contributed by atoms with Crippen molar-refractivity contribution in [3.63, 3.8) is 0 Å². The maximum atomic E-state index is 13.3. The normalized spacial score (nSPS) is 12.3. The van der Waals surface area contributed by atoms with E-state index < -0.39 is 20.1 Å². The van der Waals surface area contributed by atoms with E-state index in [-0.39, 0.29) is 10.6 Å². The summed E-state index contributed by atoms with van der Waals surface area (Å²) >= 11 is 0. The summed E-state index contributed by atoms with van der Waals surface area (Å²) in [7, 11) is -2.04. The van der Waals surface area contributed by atoms with Crippen molar-refractivity contribution in [2.75, 3.05) is 0 Å². The summed E-state index contributed by atoms with van der Waals surface area (Å²) in [5.74, 6) is -1.61. The van der Waals surface area contributed by atoms with Gasteiger partial charge in [0.05, 0.1) is 5.56 Å². The first kappa shape index (κ1) is 14.7. The third-order valence-electron chi connectivity index (χ3n) is 3.35. The van der Waals surface area contributed by atoms with Crippen LogP contribution in [0.2, 0.25) is 18.1 Å². The predicted molar refractivity (Wildman–Crippen MR) is 71.2 cm³/mol. The molecule has 0 radical (unpaired) electrons. The Kier molecular flexibility index (Phi) is 3.86. The van der Waals surface area contributed by atoms with Crippen LogP contribution in [0, 0.1) is 5.82 Å². The molecule has 100 valence electrons. The maximum absolute atomic E-state index is 13.3. The molecule has 0 fully saturated rings. The predicted octanol–water partition coefficient (Wildman–Crippen LogP) is 3.91. The quantitative estimate of drug-likeness (QED) is 0.847. The van der Waals surface area contributed by atoms with Crippen molar-refractivity contribution < 1.29 is 18.7 Å². The average molecular weight is 270 g/mol. The van der Waals surface area contributed by atoms with E-state index in [4.69, 9.17) is 9.53 Å². The van der Waals surface area contributed by atoms with Crippen molar-refractivity contribution in [2.45, 2.75) is 38.9 Å². The number of hydrogen-bond donors (Lipinski definition) is 1. The first-order valence-corrected chi connectivity index (χ1v) is 8.67. The topological polar surface area (TPSA) is 46.5 Å². The molecule has 5 heteroatoms. The summed E-state index contributed by atoms with van der Waals surface area (Å²) in [6.45, 7) is 10.4. The van der Waals surface area contributed by atoms with Crippen molar-refractivity contribution >= 4 is 14.3 Å². The number of hydrogen-bond acceptors (Lipinski definition) is 2. The molecule has 0 amide bonds. The third kappa shape index (κ3) is 3.10. The Morgan fingerprint density at radius 3 is 2.33 bits per heavy atom.